The van der Waals surface area contributed by atoms with E-state index in [0.717, 1.165) is 32.2 Å². The summed E-state index contributed by atoms with van der Waals surface area (Å²) in [6.07, 6.45) is 4.55. The molecular formula is C25H39BrFN3O4. The van der Waals surface area contributed by atoms with E-state index >= 15 is 0 Å². The van der Waals surface area contributed by atoms with Crippen molar-refractivity contribution in [3.8, 4) is 0 Å². The predicted octanol–water partition coefficient (Wildman–Crippen LogP) is 4.82. The summed E-state index contributed by atoms with van der Waals surface area (Å²) in [4.78, 5) is 32.6. The molecule has 0 N–H and O–H groups in total. The van der Waals surface area contributed by atoms with Crippen molar-refractivity contribution in [3.63, 3.8) is 0 Å². The van der Waals surface area contributed by atoms with Gasteiger partial charge in [-0.1, -0.05) is 6.92 Å². The Bertz CT molecular complexity index is 825. The molecule has 1 aromatic rings. The van der Waals surface area contributed by atoms with Crippen LogP contribution in [-0.4, -0.2) is 67.3 Å². The lowest BCUT2D eigenvalue weighted by molar-refractivity contribution is -0.159. The predicted molar refractivity (Wildman–Crippen MR) is 134 cm³/mol. The largest absolute Gasteiger partial charge is 0.468 e. The number of ether oxygens (including phenoxy) is 2. The van der Waals surface area contributed by atoms with Crippen LogP contribution in [-0.2, 0) is 19.1 Å². The summed E-state index contributed by atoms with van der Waals surface area (Å²) in [6, 6.07) is 3.74. The van der Waals surface area contributed by atoms with E-state index in [1.165, 1.54) is 7.11 Å². The molecule has 1 aliphatic rings. The van der Waals surface area contributed by atoms with Crippen LogP contribution in [0.4, 0.5) is 10.2 Å². The number of carbonyl (C=O) groups excluding carboxylic acids is 2. The fourth-order valence-electron chi connectivity index (χ4n) is 4.29. The van der Waals surface area contributed by atoms with Crippen LogP contribution in [0.25, 0.3) is 0 Å². The number of halogens is 2. The lowest BCUT2D eigenvalue weighted by Crippen LogP contribution is -2.44. The molecule has 0 radical (unpaired) electrons. The third-order valence-corrected chi connectivity index (χ3v) is 6.85. The number of rotatable bonds is 10. The van der Waals surface area contributed by atoms with E-state index in [1.54, 1.807) is 6.07 Å². The third kappa shape index (κ3) is 9.13. The molecule has 1 heterocycles. The molecule has 1 saturated carbocycles. The van der Waals surface area contributed by atoms with E-state index < -0.39 is 11.5 Å². The molecule has 0 saturated heterocycles. The first-order chi connectivity index (χ1) is 15.9. The van der Waals surface area contributed by atoms with Gasteiger partial charge < -0.3 is 14.4 Å². The van der Waals surface area contributed by atoms with Gasteiger partial charge in [-0.25, -0.2) is 4.98 Å². The highest BCUT2D eigenvalue weighted by atomic mass is 79.9. The Balaban J connectivity index is 1.91. The number of aromatic nitrogens is 1. The van der Waals surface area contributed by atoms with Crippen molar-refractivity contribution in [2.24, 2.45) is 11.8 Å². The number of esters is 2. The molecule has 7 nitrogen and oxygen atoms in total. The van der Waals surface area contributed by atoms with Crippen LogP contribution in [0.5, 0.6) is 0 Å². The normalized spacial score (nSPS) is 19.6. The Morgan fingerprint density at radius 3 is 2.44 bits per heavy atom. The summed E-state index contributed by atoms with van der Waals surface area (Å²) >= 11 is 3.14. The van der Waals surface area contributed by atoms with Crippen LogP contribution in [0.1, 0.15) is 59.8 Å². The average Bonchev–Trinajstić information content (AvgIpc) is 2.77. The van der Waals surface area contributed by atoms with Crippen molar-refractivity contribution >= 4 is 33.7 Å². The standard InChI is InChI=1S/C25H39BrFN3O4/c1-17(24(32)34-25(2,3)4)13-14-30(16-22(31)33-6)19-9-7-18(8-10-19)15-29(5)21-12-11-20(26)23(27)28-21/h11-12,17-19H,7-10,13-16H2,1-6H3/t17?,18-,19-. The van der Waals surface area contributed by atoms with Crippen molar-refractivity contribution < 1.29 is 23.5 Å². The third-order valence-electron chi connectivity index (χ3n) is 6.26. The average molecular weight is 545 g/mol. The molecule has 1 atom stereocenters. The summed E-state index contributed by atoms with van der Waals surface area (Å²) in [5.74, 6) is -0.151. The van der Waals surface area contributed by atoms with Crippen LogP contribution in [0.15, 0.2) is 16.6 Å². The highest BCUT2D eigenvalue weighted by molar-refractivity contribution is 9.10. The van der Waals surface area contributed by atoms with E-state index in [9.17, 15) is 14.0 Å². The van der Waals surface area contributed by atoms with Crippen LogP contribution in [0, 0.1) is 17.8 Å². The zero-order valence-corrected chi connectivity index (χ0v) is 22.9. The van der Waals surface area contributed by atoms with Gasteiger partial charge in [0.15, 0.2) is 0 Å². The Morgan fingerprint density at radius 2 is 1.88 bits per heavy atom. The second kappa shape index (κ2) is 12.8. The van der Waals surface area contributed by atoms with Gasteiger partial charge in [-0.2, -0.15) is 4.39 Å². The molecule has 0 aromatic carbocycles. The molecule has 0 aliphatic heterocycles. The van der Waals surface area contributed by atoms with Crippen LogP contribution in [0.3, 0.4) is 0 Å². The van der Waals surface area contributed by atoms with Crippen LogP contribution >= 0.6 is 15.9 Å². The molecule has 0 amide bonds. The summed E-state index contributed by atoms with van der Waals surface area (Å²) in [7, 11) is 3.33. The fraction of sp³-hybridized carbons (Fsp3) is 0.720. The Labute approximate surface area is 211 Å². The Hall–Kier alpha value is -1.74. The van der Waals surface area contributed by atoms with E-state index in [2.05, 4.69) is 25.8 Å². The summed E-state index contributed by atoms with van der Waals surface area (Å²) in [6.45, 7) is 9.10. The monoisotopic (exact) mass is 543 g/mol. The lowest BCUT2D eigenvalue weighted by Gasteiger charge is -2.38. The van der Waals surface area contributed by atoms with Crippen molar-refractivity contribution in [2.75, 3.05) is 38.7 Å². The number of methoxy groups -OCH3 is 1. The lowest BCUT2D eigenvalue weighted by atomic mass is 9.84. The van der Waals surface area contributed by atoms with Gasteiger partial charge in [0.1, 0.15) is 11.4 Å². The van der Waals surface area contributed by atoms with E-state index in [-0.39, 0.29) is 30.4 Å². The summed E-state index contributed by atoms with van der Waals surface area (Å²) < 4.78 is 24.6. The molecule has 1 unspecified atom stereocenters. The first kappa shape index (κ1) is 28.5. The van der Waals surface area contributed by atoms with Gasteiger partial charge in [0.05, 0.1) is 24.0 Å². The molecule has 1 aromatic heterocycles. The van der Waals surface area contributed by atoms with Crippen molar-refractivity contribution in [1.82, 2.24) is 9.88 Å². The quantitative estimate of drug-likeness (QED) is 0.309. The minimum atomic E-state index is -0.514. The Morgan fingerprint density at radius 1 is 1.24 bits per heavy atom. The van der Waals surface area contributed by atoms with Gasteiger partial charge in [-0.3, -0.25) is 14.5 Å². The first-order valence-corrected chi connectivity index (χ1v) is 12.8. The van der Waals surface area contributed by atoms with E-state index in [1.807, 2.05) is 45.7 Å². The maximum atomic E-state index is 13.8. The number of anilines is 1. The zero-order valence-electron chi connectivity index (χ0n) is 21.3. The van der Waals surface area contributed by atoms with Crippen molar-refractivity contribution in [3.05, 3.63) is 22.6 Å². The highest BCUT2D eigenvalue weighted by Crippen LogP contribution is 2.30. The minimum Gasteiger partial charge on any atom is -0.468 e. The van der Waals surface area contributed by atoms with E-state index in [0.29, 0.717) is 29.2 Å². The number of nitrogens with zero attached hydrogens (tertiary/aromatic N) is 3. The molecule has 0 bridgehead atoms. The van der Waals surface area contributed by atoms with E-state index in [4.69, 9.17) is 9.47 Å². The number of carbonyl (C=O) groups is 2. The molecule has 34 heavy (non-hydrogen) atoms. The molecule has 2 rings (SSSR count). The molecule has 1 aliphatic carbocycles. The second-order valence-corrected chi connectivity index (χ2v) is 11.1. The van der Waals surface area contributed by atoms with Gasteiger partial charge in [-0.05, 0) is 93.4 Å². The number of pyridine rings is 1. The first-order valence-electron chi connectivity index (χ1n) is 12.0. The smallest absolute Gasteiger partial charge is 0.319 e. The van der Waals surface area contributed by atoms with Crippen molar-refractivity contribution in [2.45, 2.75) is 71.4 Å². The maximum Gasteiger partial charge on any atom is 0.319 e. The molecule has 192 valence electrons. The molecule has 9 heteroatoms. The SMILES string of the molecule is COC(=O)CN(CCC(C)C(=O)OC(C)(C)C)[C@H]1CC[C@H](CN(C)c2ccc(Br)c(F)n2)CC1. The van der Waals surface area contributed by atoms with Gasteiger partial charge >= 0.3 is 11.9 Å². The molecule has 0 spiro atoms. The van der Waals surface area contributed by atoms with Crippen molar-refractivity contribution in [1.29, 1.82) is 0 Å². The highest BCUT2D eigenvalue weighted by Gasteiger charge is 2.29. The topological polar surface area (TPSA) is 72.0 Å². The molecular weight excluding hydrogens is 505 g/mol. The number of hydrogen-bond donors (Lipinski definition) is 0. The summed E-state index contributed by atoms with van der Waals surface area (Å²) in [5, 5.41) is 0. The second-order valence-electron chi connectivity index (χ2n) is 10.3. The van der Waals surface area contributed by atoms with Crippen LogP contribution < -0.4 is 4.90 Å². The molecule has 1 fully saturated rings. The van der Waals surface area contributed by atoms with Gasteiger partial charge in [0.2, 0.25) is 5.95 Å². The van der Waals surface area contributed by atoms with Crippen LogP contribution in [0.2, 0.25) is 0 Å². The van der Waals surface area contributed by atoms with Gasteiger partial charge in [-0.15, -0.1) is 0 Å². The minimum absolute atomic E-state index is 0.213. The maximum absolute atomic E-state index is 13.8. The Kier molecular flexibility index (Phi) is 10.7. The van der Waals surface area contributed by atoms with Gasteiger partial charge in [0, 0.05) is 19.6 Å². The summed E-state index contributed by atoms with van der Waals surface area (Å²) in [5.41, 5.74) is -0.514. The number of hydrogen-bond acceptors (Lipinski definition) is 7. The zero-order chi connectivity index (χ0) is 25.5. The van der Waals surface area contributed by atoms with Gasteiger partial charge in [0.25, 0.3) is 0 Å². The fourth-order valence-corrected chi connectivity index (χ4v) is 4.52.